The van der Waals surface area contributed by atoms with Crippen molar-refractivity contribution in [3.05, 3.63) is 53.1 Å². The number of fused-ring (bicyclic) bond motifs is 2. The van der Waals surface area contributed by atoms with E-state index in [-0.39, 0.29) is 24.8 Å². The Kier molecular flexibility index (Phi) is 4.65. The summed E-state index contributed by atoms with van der Waals surface area (Å²) >= 11 is 5.94. The van der Waals surface area contributed by atoms with Crippen LogP contribution < -0.4 is 10.0 Å². The first-order valence-electron chi connectivity index (χ1n) is 8.70. The maximum Gasteiger partial charge on any atom is 0.256 e. The molecule has 0 aliphatic carbocycles. The summed E-state index contributed by atoms with van der Waals surface area (Å²) in [6.07, 6.45) is 1.30. The van der Waals surface area contributed by atoms with Gasteiger partial charge in [-0.05, 0) is 41.8 Å². The molecule has 0 saturated carbocycles. The van der Waals surface area contributed by atoms with Crippen LogP contribution in [0, 0.1) is 0 Å². The zero-order valence-corrected chi connectivity index (χ0v) is 16.5. The fraction of sp³-hybridized carbons (Fsp3) is 0.263. The molecule has 2 aliphatic heterocycles. The molecule has 1 saturated heterocycles. The summed E-state index contributed by atoms with van der Waals surface area (Å²) in [6, 6.07) is 11.3. The number of carbonyl (C=O) groups is 2. The fourth-order valence-corrected chi connectivity index (χ4v) is 4.62. The molecule has 4 rings (SSSR count). The molecule has 2 atom stereocenters. The number of benzene rings is 2. The molecular formula is C19H18ClN3O4S. The molecule has 0 spiro atoms. The summed E-state index contributed by atoms with van der Waals surface area (Å²) in [5, 5.41) is 3.41. The van der Waals surface area contributed by atoms with E-state index in [1.807, 2.05) is 18.2 Å². The maximum absolute atomic E-state index is 13.1. The molecule has 28 heavy (non-hydrogen) atoms. The van der Waals surface area contributed by atoms with Crippen molar-refractivity contribution >= 4 is 39.1 Å². The number of nitrogens with zero attached hydrogens (tertiary/aromatic N) is 1. The Hall–Kier alpha value is -2.42. The Morgan fingerprint density at radius 2 is 1.79 bits per heavy atom. The number of amides is 2. The van der Waals surface area contributed by atoms with E-state index in [9.17, 15) is 18.0 Å². The quantitative estimate of drug-likeness (QED) is 0.796. The number of carbonyl (C=O) groups excluding carboxylic acids is 2. The highest BCUT2D eigenvalue weighted by Gasteiger charge is 2.43. The number of anilines is 1. The van der Waals surface area contributed by atoms with Gasteiger partial charge in [-0.1, -0.05) is 29.8 Å². The minimum Gasteiger partial charge on any atom is -0.325 e. The van der Waals surface area contributed by atoms with Crippen LogP contribution in [0.2, 0.25) is 5.02 Å². The monoisotopic (exact) mass is 419 g/mol. The lowest BCUT2D eigenvalue weighted by atomic mass is 10.0. The van der Waals surface area contributed by atoms with Crippen LogP contribution in [-0.2, 0) is 14.8 Å². The van der Waals surface area contributed by atoms with Gasteiger partial charge in [0.05, 0.1) is 17.5 Å². The number of halogens is 1. The number of rotatable bonds is 3. The van der Waals surface area contributed by atoms with Crippen LogP contribution in [0.1, 0.15) is 16.8 Å². The Balaban J connectivity index is 1.68. The van der Waals surface area contributed by atoms with Gasteiger partial charge in [0.25, 0.3) is 5.91 Å². The normalized spacial score (nSPS) is 21.7. The van der Waals surface area contributed by atoms with Crippen LogP contribution in [-0.4, -0.2) is 50.0 Å². The summed E-state index contributed by atoms with van der Waals surface area (Å²) in [6.45, 7) is 0.147. The van der Waals surface area contributed by atoms with Crippen molar-refractivity contribution in [2.45, 2.75) is 18.5 Å². The van der Waals surface area contributed by atoms with Gasteiger partial charge < -0.3 is 10.2 Å². The van der Waals surface area contributed by atoms with Gasteiger partial charge in [-0.2, -0.15) is 0 Å². The number of hydrogen-bond acceptors (Lipinski definition) is 4. The molecule has 0 aromatic heterocycles. The van der Waals surface area contributed by atoms with Crippen molar-refractivity contribution in [2.75, 3.05) is 18.1 Å². The molecular weight excluding hydrogens is 402 g/mol. The highest BCUT2D eigenvalue weighted by atomic mass is 35.5. The van der Waals surface area contributed by atoms with E-state index in [0.717, 1.165) is 17.4 Å². The predicted molar refractivity (Wildman–Crippen MR) is 107 cm³/mol. The van der Waals surface area contributed by atoms with Gasteiger partial charge in [0.15, 0.2) is 0 Å². The summed E-state index contributed by atoms with van der Waals surface area (Å²) in [4.78, 5) is 27.2. The third-order valence-electron chi connectivity index (χ3n) is 4.93. The highest BCUT2D eigenvalue weighted by molar-refractivity contribution is 7.88. The molecule has 7 nitrogen and oxygen atoms in total. The van der Waals surface area contributed by atoms with E-state index in [1.54, 1.807) is 24.3 Å². The predicted octanol–water partition coefficient (Wildman–Crippen LogP) is 2.09. The second-order valence-corrected chi connectivity index (χ2v) is 9.27. The lowest BCUT2D eigenvalue weighted by Gasteiger charge is -2.20. The first-order chi connectivity index (χ1) is 13.2. The Bertz CT molecular complexity index is 1070. The third kappa shape index (κ3) is 3.63. The summed E-state index contributed by atoms with van der Waals surface area (Å²) < 4.78 is 25.5. The van der Waals surface area contributed by atoms with E-state index in [0.29, 0.717) is 16.3 Å². The molecule has 0 radical (unpaired) electrons. The number of hydrogen-bond donors (Lipinski definition) is 2. The minimum absolute atomic E-state index is 0.147. The van der Waals surface area contributed by atoms with E-state index in [2.05, 4.69) is 10.0 Å². The number of nitrogens with one attached hydrogen (secondary N) is 2. The first-order valence-corrected chi connectivity index (χ1v) is 11.0. The molecule has 0 bridgehead atoms. The van der Waals surface area contributed by atoms with E-state index < -0.39 is 22.1 Å². The summed E-state index contributed by atoms with van der Waals surface area (Å²) in [5.74, 6) is -0.615. The van der Waals surface area contributed by atoms with Crippen LogP contribution in [0.15, 0.2) is 42.5 Å². The molecule has 2 amide bonds. The van der Waals surface area contributed by atoms with Gasteiger partial charge in [-0.25, -0.2) is 13.1 Å². The van der Waals surface area contributed by atoms with Crippen molar-refractivity contribution in [3.8, 4) is 11.1 Å². The smallest absolute Gasteiger partial charge is 0.256 e. The van der Waals surface area contributed by atoms with Crippen molar-refractivity contribution in [1.29, 1.82) is 0 Å². The molecule has 2 unspecified atom stereocenters. The van der Waals surface area contributed by atoms with Crippen LogP contribution in [0.3, 0.4) is 0 Å². The van der Waals surface area contributed by atoms with Gasteiger partial charge in [0.1, 0.15) is 6.04 Å². The third-order valence-corrected chi connectivity index (χ3v) is 5.94. The Labute approximate surface area is 167 Å². The SMILES string of the molecule is CS(=O)(=O)NC1CC2C(=O)Nc3ccc(-c4ccc(Cl)cc4)cc3C(=O)N2C1. The molecule has 2 heterocycles. The lowest BCUT2D eigenvalue weighted by Crippen LogP contribution is -2.41. The largest absolute Gasteiger partial charge is 0.325 e. The average molecular weight is 420 g/mol. The van der Waals surface area contributed by atoms with Crippen molar-refractivity contribution in [2.24, 2.45) is 0 Å². The topological polar surface area (TPSA) is 95.6 Å². The number of sulfonamides is 1. The van der Waals surface area contributed by atoms with Crippen molar-refractivity contribution < 1.29 is 18.0 Å². The second kappa shape index (κ2) is 6.88. The molecule has 2 aromatic carbocycles. The van der Waals surface area contributed by atoms with Gasteiger partial charge in [0.2, 0.25) is 15.9 Å². The van der Waals surface area contributed by atoms with Crippen LogP contribution in [0.4, 0.5) is 5.69 Å². The first kappa shape index (κ1) is 18.9. The van der Waals surface area contributed by atoms with E-state index in [1.165, 1.54) is 4.90 Å². The zero-order chi connectivity index (χ0) is 20.1. The molecule has 1 fully saturated rings. The van der Waals surface area contributed by atoms with Gasteiger partial charge >= 0.3 is 0 Å². The van der Waals surface area contributed by atoms with Crippen LogP contribution in [0.25, 0.3) is 11.1 Å². The van der Waals surface area contributed by atoms with Gasteiger partial charge in [0, 0.05) is 17.6 Å². The summed E-state index contributed by atoms with van der Waals surface area (Å²) in [5.41, 5.74) is 2.55. The van der Waals surface area contributed by atoms with E-state index >= 15 is 0 Å². The van der Waals surface area contributed by atoms with Crippen LogP contribution in [0.5, 0.6) is 0 Å². The lowest BCUT2D eigenvalue weighted by molar-refractivity contribution is -0.119. The second-order valence-electron chi connectivity index (χ2n) is 7.05. The molecule has 2 N–H and O–H groups in total. The Morgan fingerprint density at radius 3 is 2.46 bits per heavy atom. The van der Waals surface area contributed by atoms with Crippen molar-refractivity contribution in [1.82, 2.24) is 9.62 Å². The minimum atomic E-state index is -3.43. The van der Waals surface area contributed by atoms with Crippen LogP contribution >= 0.6 is 11.6 Å². The molecule has 2 aromatic rings. The van der Waals surface area contributed by atoms with E-state index in [4.69, 9.17) is 11.6 Å². The highest BCUT2D eigenvalue weighted by Crippen LogP contribution is 2.32. The molecule has 9 heteroatoms. The summed E-state index contributed by atoms with van der Waals surface area (Å²) in [7, 11) is -3.43. The fourth-order valence-electron chi connectivity index (χ4n) is 3.72. The maximum atomic E-state index is 13.1. The average Bonchev–Trinajstić information content (AvgIpc) is 3.00. The van der Waals surface area contributed by atoms with Gasteiger partial charge in [-0.3, -0.25) is 9.59 Å². The van der Waals surface area contributed by atoms with Gasteiger partial charge in [-0.15, -0.1) is 0 Å². The van der Waals surface area contributed by atoms with Crippen molar-refractivity contribution in [3.63, 3.8) is 0 Å². The Morgan fingerprint density at radius 1 is 1.11 bits per heavy atom. The zero-order valence-electron chi connectivity index (χ0n) is 15.0. The molecule has 2 aliphatic rings. The standard InChI is InChI=1S/C19H18ClN3O4S/c1-28(26,27)22-14-9-17-18(24)21-16-7-4-12(11-2-5-13(20)6-3-11)8-15(16)19(25)23(17)10-14/h2-8,14,17,22H,9-10H2,1H3,(H,21,24). The molecule has 146 valence electrons.